The summed E-state index contributed by atoms with van der Waals surface area (Å²) in [6.45, 7) is 6.23. The number of hydrogen-bond donors (Lipinski definition) is 1. The third-order valence-electron chi connectivity index (χ3n) is 2.60. The first-order chi connectivity index (χ1) is 8.58. The van der Waals surface area contributed by atoms with Crippen LogP contribution in [0.1, 0.15) is 25.0 Å². The molecule has 0 amide bonds. The lowest BCUT2D eigenvalue weighted by molar-refractivity contribution is -0.156. The number of phenols is 1. The first-order valence-corrected chi connectivity index (χ1v) is 6.15. The van der Waals surface area contributed by atoms with Gasteiger partial charge in [0.05, 0.1) is 6.61 Å². The average Bonchev–Trinajstić information content (AvgIpc) is 2.33. The lowest BCUT2D eigenvalue weighted by atomic mass is 10.0. The molecule has 1 rings (SSSR count). The van der Waals surface area contributed by atoms with Crippen molar-refractivity contribution in [1.29, 1.82) is 0 Å². The van der Waals surface area contributed by atoms with E-state index in [0.717, 1.165) is 11.1 Å². The fourth-order valence-electron chi connectivity index (χ4n) is 1.71. The van der Waals surface area contributed by atoms with E-state index in [1.54, 1.807) is 19.1 Å². The number of aromatic hydroxyl groups is 1. The monoisotopic (exact) mass is 252 g/mol. The van der Waals surface area contributed by atoms with Crippen LogP contribution in [0.15, 0.2) is 18.2 Å². The Labute approximate surface area is 108 Å². The van der Waals surface area contributed by atoms with Gasteiger partial charge in [0.15, 0.2) is 6.10 Å². The molecule has 18 heavy (non-hydrogen) atoms. The van der Waals surface area contributed by atoms with Crippen LogP contribution in [0.3, 0.4) is 0 Å². The van der Waals surface area contributed by atoms with Crippen LogP contribution in [-0.4, -0.2) is 30.4 Å². The molecule has 1 atom stereocenters. The zero-order chi connectivity index (χ0) is 13.5. The Balaban J connectivity index is 2.76. The Morgan fingerprint density at radius 3 is 2.61 bits per heavy atom. The molecule has 0 aliphatic carbocycles. The predicted molar refractivity (Wildman–Crippen MR) is 68.6 cm³/mol. The summed E-state index contributed by atoms with van der Waals surface area (Å²) in [5.41, 5.74) is 1.73. The molecule has 0 spiro atoms. The molecule has 0 bridgehead atoms. The molecule has 0 heterocycles. The first-order valence-electron chi connectivity index (χ1n) is 6.15. The Morgan fingerprint density at radius 2 is 2.06 bits per heavy atom. The van der Waals surface area contributed by atoms with Crippen molar-refractivity contribution in [3.8, 4) is 5.75 Å². The summed E-state index contributed by atoms with van der Waals surface area (Å²) < 4.78 is 10.4. The fourth-order valence-corrected chi connectivity index (χ4v) is 1.71. The molecule has 0 fully saturated rings. The maximum Gasteiger partial charge on any atom is 0.335 e. The smallest absolute Gasteiger partial charge is 0.335 e. The van der Waals surface area contributed by atoms with Gasteiger partial charge >= 0.3 is 5.97 Å². The number of ether oxygens (including phenoxy) is 2. The second-order valence-corrected chi connectivity index (χ2v) is 4.02. The van der Waals surface area contributed by atoms with E-state index in [1.807, 2.05) is 19.9 Å². The van der Waals surface area contributed by atoms with Gasteiger partial charge in [0, 0.05) is 13.0 Å². The number of aryl methyl sites for hydroxylation is 1. The summed E-state index contributed by atoms with van der Waals surface area (Å²) in [6.07, 6.45) is -0.132. The summed E-state index contributed by atoms with van der Waals surface area (Å²) in [5, 5.41) is 9.45. The molecule has 1 aromatic rings. The largest absolute Gasteiger partial charge is 0.508 e. The Bertz CT molecular complexity index is 401. The highest BCUT2D eigenvalue weighted by atomic mass is 16.6. The molecule has 100 valence electrons. The number of rotatable bonds is 6. The van der Waals surface area contributed by atoms with Crippen LogP contribution in [0.5, 0.6) is 5.75 Å². The van der Waals surface area contributed by atoms with Crippen molar-refractivity contribution in [2.75, 3.05) is 13.2 Å². The molecule has 0 aliphatic rings. The third kappa shape index (κ3) is 4.04. The fraction of sp³-hybridized carbons (Fsp3) is 0.500. The normalized spacial score (nSPS) is 12.2. The van der Waals surface area contributed by atoms with E-state index in [9.17, 15) is 9.90 Å². The van der Waals surface area contributed by atoms with Crippen LogP contribution in [0, 0.1) is 6.92 Å². The molecular weight excluding hydrogens is 232 g/mol. The van der Waals surface area contributed by atoms with E-state index in [-0.39, 0.29) is 11.7 Å². The van der Waals surface area contributed by atoms with E-state index in [1.165, 1.54) is 0 Å². The molecule has 0 unspecified atom stereocenters. The minimum absolute atomic E-state index is 0.253. The highest BCUT2D eigenvalue weighted by molar-refractivity contribution is 5.75. The van der Waals surface area contributed by atoms with Gasteiger partial charge in [0.25, 0.3) is 0 Å². The standard InChI is InChI=1S/C14H20O4/c1-4-17-13(14(16)18-5-2)9-11-6-7-12(15)10(3)8-11/h6-8,13,15H,4-5,9H2,1-3H3/t13-/m0/s1. The Kier molecular flexibility index (Phi) is 5.65. The van der Waals surface area contributed by atoms with Crippen molar-refractivity contribution in [3.05, 3.63) is 29.3 Å². The second kappa shape index (κ2) is 7.01. The van der Waals surface area contributed by atoms with E-state index in [4.69, 9.17) is 9.47 Å². The number of phenolic OH excluding ortho intramolecular Hbond substituents is 1. The van der Waals surface area contributed by atoms with E-state index < -0.39 is 6.10 Å². The van der Waals surface area contributed by atoms with Crippen LogP contribution in [0.25, 0.3) is 0 Å². The number of hydrogen-bond acceptors (Lipinski definition) is 4. The van der Waals surface area contributed by atoms with Crippen molar-refractivity contribution in [3.63, 3.8) is 0 Å². The topological polar surface area (TPSA) is 55.8 Å². The van der Waals surface area contributed by atoms with E-state index in [2.05, 4.69) is 0 Å². The molecule has 1 N–H and O–H groups in total. The van der Waals surface area contributed by atoms with Gasteiger partial charge in [0.1, 0.15) is 5.75 Å². The molecular formula is C14H20O4. The summed E-state index contributed by atoms with van der Waals surface area (Å²) in [7, 11) is 0. The van der Waals surface area contributed by atoms with Gasteiger partial charge in [-0.05, 0) is 38.0 Å². The van der Waals surface area contributed by atoms with E-state index in [0.29, 0.717) is 19.6 Å². The maximum absolute atomic E-state index is 11.7. The zero-order valence-corrected chi connectivity index (χ0v) is 11.1. The van der Waals surface area contributed by atoms with E-state index >= 15 is 0 Å². The lowest BCUT2D eigenvalue weighted by Crippen LogP contribution is -2.29. The third-order valence-corrected chi connectivity index (χ3v) is 2.60. The maximum atomic E-state index is 11.7. The van der Waals surface area contributed by atoms with Crippen LogP contribution in [0.2, 0.25) is 0 Å². The number of esters is 1. The Morgan fingerprint density at radius 1 is 1.33 bits per heavy atom. The molecule has 4 nitrogen and oxygen atoms in total. The summed E-state index contributed by atoms with van der Waals surface area (Å²) in [4.78, 5) is 11.7. The van der Waals surface area contributed by atoms with Gasteiger partial charge in [-0.15, -0.1) is 0 Å². The van der Waals surface area contributed by atoms with Gasteiger partial charge < -0.3 is 14.6 Å². The summed E-state index contributed by atoms with van der Waals surface area (Å²) >= 11 is 0. The van der Waals surface area contributed by atoms with Crippen LogP contribution >= 0.6 is 0 Å². The Hall–Kier alpha value is -1.55. The molecule has 0 saturated carbocycles. The lowest BCUT2D eigenvalue weighted by Gasteiger charge is -2.16. The number of benzene rings is 1. The van der Waals surface area contributed by atoms with Crippen LogP contribution in [-0.2, 0) is 20.7 Å². The molecule has 0 aromatic heterocycles. The zero-order valence-electron chi connectivity index (χ0n) is 11.1. The van der Waals surface area contributed by atoms with Crippen molar-refractivity contribution in [1.82, 2.24) is 0 Å². The minimum atomic E-state index is -0.584. The molecule has 0 saturated heterocycles. The van der Waals surface area contributed by atoms with Crippen molar-refractivity contribution in [2.24, 2.45) is 0 Å². The first kappa shape index (κ1) is 14.5. The van der Waals surface area contributed by atoms with Gasteiger partial charge in [-0.3, -0.25) is 0 Å². The summed E-state index contributed by atoms with van der Waals surface area (Å²) in [6, 6.07) is 5.26. The molecule has 0 radical (unpaired) electrons. The van der Waals surface area contributed by atoms with Crippen LogP contribution < -0.4 is 0 Å². The van der Waals surface area contributed by atoms with Crippen molar-refractivity contribution in [2.45, 2.75) is 33.3 Å². The molecule has 4 heteroatoms. The van der Waals surface area contributed by atoms with Crippen LogP contribution in [0.4, 0.5) is 0 Å². The van der Waals surface area contributed by atoms with Crippen molar-refractivity contribution >= 4 is 5.97 Å². The highest BCUT2D eigenvalue weighted by Crippen LogP contribution is 2.18. The SMILES string of the molecule is CCOC(=O)[C@H](Cc1ccc(O)c(C)c1)OCC. The van der Waals surface area contributed by atoms with Gasteiger partial charge in [-0.25, -0.2) is 4.79 Å². The van der Waals surface area contributed by atoms with Gasteiger partial charge in [0.2, 0.25) is 0 Å². The molecule has 0 aliphatic heterocycles. The summed E-state index contributed by atoms with van der Waals surface area (Å²) in [5.74, 6) is -0.0899. The second-order valence-electron chi connectivity index (χ2n) is 4.02. The average molecular weight is 252 g/mol. The minimum Gasteiger partial charge on any atom is -0.508 e. The van der Waals surface area contributed by atoms with Crippen molar-refractivity contribution < 1.29 is 19.4 Å². The highest BCUT2D eigenvalue weighted by Gasteiger charge is 2.20. The van der Waals surface area contributed by atoms with Gasteiger partial charge in [-0.1, -0.05) is 12.1 Å². The number of carbonyl (C=O) groups excluding carboxylic acids is 1. The number of carbonyl (C=O) groups is 1. The predicted octanol–water partition coefficient (Wildman–Crippen LogP) is 2.21. The quantitative estimate of drug-likeness (QED) is 0.789. The van der Waals surface area contributed by atoms with Gasteiger partial charge in [-0.2, -0.15) is 0 Å². The molecule has 1 aromatic carbocycles.